The van der Waals surface area contributed by atoms with Crippen LogP contribution in [0.2, 0.25) is 0 Å². The number of carbonyl (C=O) groups excluding carboxylic acids is 2. The number of amides is 2. The fourth-order valence-corrected chi connectivity index (χ4v) is 4.21. The smallest absolute Gasteiger partial charge is 0.223 e. The monoisotopic (exact) mass is 402 g/mol. The van der Waals surface area contributed by atoms with E-state index in [4.69, 9.17) is 9.47 Å². The highest BCUT2D eigenvalue weighted by Gasteiger charge is 2.41. The molecule has 0 bridgehead atoms. The normalized spacial score (nSPS) is 22.6. The van der Waals surface area contributed by atoms with Gasteiger partial charge >= 0.3 is 0 Å². The van der Waals surface area contributed by atoms with Crippen molar-refractivity contribution in [2.24, 2.45) is 11.3 Å². The van der Waals surface area contributed by atoms with Gasteiger partial charge in [0.15, 0.2) is 0 Å². The molecule has 1 atom stereocenters. The molecule has 6 heteroatoms. The summed E-state index contributed by atoms with van der Waals surface area (Å²) in [7, 11) is 0. The van der Waals surface area contributed by atoms with Gasteiger partial charge in [-0.3, -0.25) is 9.59 Å². The predicted molar refractivity (Wildman–Crippen MR) is 112 cm³/mol. The van der Waals surface area contributed by atoms with Crippen molar-refractivity contribution in [3.8, 4) is 5.75 Å². The van der Waals surface area contributed by atoms with E-state index in [1.54, 1.807) is 0 Å². The fourth-order valence-electron chi connectivity index (χ4n) is 4.21. The molecule has 1 unspecified atom stereocenters. The zero-order chi connectivity index (χ0) is 20.7. The van der Waals surface area contributed by atoms with Crippen LogP contribution < -0.4 is 4.74 Å². The first-order valence-electron chi connectivity index (χ1n) is 10.8. The van der Waals surface area contributed by atoms with Gasteiger partial charge < -0.3 is 19.3 Å². The molecule has 0 N–H and O–H groups in total. The minimum Gasteiger partial charge on any atom is -0.493 e. The topological polar surface area (TPSA) is 59.1 Å². The molecule has 2 saturated heterocycles. The Balaban J connectivity index is 1.72. The molecular weight excluding hydrogens is 368 g/mol. The Morgan fingerprint density at radius 2 is 1.79 bits per heavy atom. The number of likely N-dealkylation sites (tertiary alicyclic amines) is 1. The molecule has 2 amide bonds. The lowest BCUT2D eigenvalue weighted by molar-refractivity contribution is -0.144. The zero-order valence-corrected chi connectivity index (χ0v) is 17.8. The fraction of sp³-hybridized carbons (Fsp3) is 0.652. The summed E-state index contributed by atoms with van der Waals surface area (Å²) in [4.78, 5) is 29.6. The van der Waals surface area contributed by atoms with E-state index >= 15 is 0 Å². The van der Waals surface area contributed by atoms with Crippen LogP contribution in [-0.4, -0.2) is 67.6 Å². The van der Waals surface area contributed by atoms with Gasteiger partial charge in [-0.2, -0.15) is 0 Å². The lowest BCUT2D eigenvalue weighted by Gasteiger charge is -2.43. The molecule has 2 heterocycles. The second-order valence-electron chi connectivity index (χ2n) is 8.79. The summed E-state index contributed by atoms with van der Waals surface area (Å²) in [5.74, 6) is 1.46. The summed E-state index contributed by atoms with van der Waals surface area (Å²) < 4.78 is 11.5. The molecular formula is C23H34N2O4. The minimum absolute atomic E-state index is 0.142. The van der Waals surface area contributed by atoms with Crippen molar-refractivity contribution in [3.05, 3.63) is 30.3 Å². The maximum Gasteiger partial charge on any atom is 0.223 e. The summed E-state index contributed by atoms with van der Waals surface area (Å²) in [6.07, 6.45) is 2.75. The summed E-state index contributed by atoms with van der Waals surface area (Å²) in [5.41, 5.74) is -0.351. The highest BCUT2D eigenvalue weighted by Crippen LogP contribution is 2.35. The Morgan fingerprint density at radius 1 is 1.07 bits per heavy atom. The van der Waals surface area contributed by atoms with Gasteiger partial charge in [0.05, 0.1) is 19.8 Å². The summed E-state index contributed by atoms with van der Waals surface area (Å²) in [6.45, 7) is 8.40. The van der Waals surface area contributed by atoms with Gasteiger partial charge in [-0.25, -0.2) is 0 Å². The third-order valence-electron chi connectivity index (χ3n) is 5.78. The van der Waals surface area contributed by atoms with Gasteiger partial charge in [-0.1, -0.05) is 32.0 Å². The molecule has 0 aliphatic carbocycles. The first-order chi connectivity index (χ1) is 14.0. The van der Waals surface area contributed by atoms with Crippen LogP contribution in [0.5, 0.6) is 5.75 Å². The zero-order valence-electron chi connectivity index (χ0n) is 17.8. The molecule has 29 heavy (non-hydrogen) atoms. The molecule has 0 saturated carbocycles. The lowest BCUT2D eigenvalue weighted by atomic mass is 9.77. The first kappa shape index (κ1) is 21.6. The Hall–Kier alpha value is -2.08. The quantitative estimate of drug-likeness (QED) is 0.704. The van der Waals surface area contributed by atoms with Crippen molar-refractivity contribution < 1.29 is 19.1 Å². The minimum atomic E-state index is -0.351. The average molecular weight is 403 g/mol. The number of nitrogens with zero attached hydrogens (tertiary/aromatic N) is 2. The maximum absolute atomic E-state index is 13.0. The van der Waals surface area contributed by atoms with Crippen molar-refractivity contribution in [2.45, 2.75) is 39.5 Å². The van der Waals surface area contributed by atoms with E-state index in [0.717, 1.165) is 25.1 Å². The van der Waals surface area contributed by atoms with E-state index in [9.17, 15) is 9.59 Å². The second-order valence-corrected chi connectivity index (χ2v) is 8.79. The van der Waals surface area contributed by atoms with Crippen LogP contribution in [0, 0.1) is 11.3 Å². The van der Waals surface area contributed by atoms with Gasteiger partial charge in [0.25, 0.3) is 0 Å². The first-order valence-corrected chi connectivity index (χ1v) is 10.8. The Kier molecular flexibility index (Phi) is 7.53. The number of rotatable bonds is 7. The SMILES string of the molecule is CC(C)CC(=O)N1CCCC(COc2ccccc2)(CC(=O)N2CCOCC2)C1. The van der Waals surface area contributed by atoms with E-state index < -0.39 is 0 Å². The highest BCUT2D eigenvalue weighted by molar-refractivity contribution is 5.78. The summed E-state index contributed by atoms with van der Waals surface area (Å²) in [5, 5.41) is 0. The number of carbonyl (C=O) groups is 2. The molecule has 160 valence electrons. The second kappa shape index (κ2) is 10.1. The maximum atomic E-state index is 13.0. The largest absolute Gasteiger partial charge is 0.493 e. The van der Waals surface area contributed by atoms with Crippen molar-refractivity contribution in [1.29, 1.82) is 0 Å². The Labute approximate surface area is 174 Å². The number of ether oxygens (including phenoxy) is 2. The third kappa shape index (κ3) is 6.20. The molecule has 2 aliphatic heterocycles. The van der Waals surface area contributed by atoms with Crippen LogP contribution in [0.3, 0.4) is 0 Å². The number of hydrogen-bond donors (Lipinski definition) is 0. The number of benzene rings is 1. The van der Waals surface area contributed by atoms with Crippen LogP contribution in [0.15, 0.2) is 30.3 Å². The number of piperidine rings is 1. The molecule has 6 nitrogen and oxygen atoms in total. The van der Waals surface area contributed by atoms with Crippen LogP contribution in [0.25, 0.3) is 0 Å². The van der Waals surface area contributed by atoms with Crippen LogP contribution in [0.1, 0.15) is 39.5 Å². The molecule has 1 aromatic carbocycles. The molecule has 2 aliphatic rings. The third-order valence-corrected chi connectivity index (χ3v) is 5.78. The number of hydrogen-bond acceptors (Lipinski definition) is 4. The van der Waals surface area contributed by atoms with E-state index in [-0.39, 0.29) is 17.2 Å². The average Bonchev–Trinajstić information content (AvgIpc) is 2.73. The van der Waals surface area contributed by atoms with Crippen molar-refractivity contribution in [2.75, 3.05) is 46.0 Å². The predicted octanol–water partition coefficient (Wildman–Crippen LogP) is 2.97. The molecule has 0 spiro atoms. The Morgan fingerprint density at radius 3 is 2.48 bits per heavy atom. The van der Waals surface area contributed by atoms with Crippen LogP contribution in [-0.2, 0) is 14.3 Å². The van der Waals surface area contributed by atoms with E-state index in [0.29, 0.717) is 58.2 Å². The van der Waals surface area contributed by atoms with Crippen molar-refractivity contribution in [3.63, 3.8) is 0 Å². The van der Waals surface area contributed by atoms with Gasteiger partial charge in [0, 0.05) is 44.4 Å². The molecule has 1 aromatic rings. The summed E-state index contributed by atoms with van der Waals surface area (Å²) >= 11 is 0. The van der Waals surface area contributed by atoms with Crippen molar-refractivity contribution >= 4 is 11.8 Å². The highest BCUT2D eigenvalue weighted by atomic mass is 16.5. The van der Waals surface area contributed by atoms with Gasteiger partial charge in [0.1, 0.15) is 5.75 Å². The van der Waals surface area contributed by atoms with Gasteiger partial charge in [0.2, 0.25) is 11.8 Å². The Bertz CT molecular complexity index is 673. The van der Waals surface area contributed by atoms with Gasteiger partial charge in [-0.15, -0.1) is 0 Å². The number of para-hydroxylation sites is 1. The molecule has 3 rings (SSSR count). The van der Waals surface area contributed by atoms with Crippen LogP contribution >= 0.6 is 0 Å². The molecule has 0 aromatic heterocycles. The van der Waals surface area contributed by atoms with E-state index in [1.165, 1.54) is 0 Å². The van der Waals surface area contributed by atoms with Gasteiger partial charge in [-0.05, 0) is 30.9 Å². The number of morpholine rings is 1. The van der Waals surface area contributed by atoms with E-state index in [2.05, 4.69) is 13.8 Å². The van der Waals surface area contributed by atoms with Crippen molar-refractivity contribution in [1.82, 2.24) is 9.80 Å². The molecule has 0 radical (unpaired) electrons. The van der Waals surface area contributed by atoms with E-state index in [1.807, 2.05) is 40.1 Å². The molecule has 2 fully saturated rings. The lowest BCUT2D eigenvalue weighted by Crippen LogP contribution is -2.52. The standard InChI is InChI=1S/C23H34N2O4/c1-19(2)15-21(26)25-10-6-9-23(17-25,18-29-20-7-4-3-5-8-20)16-22(27)24-11-13-28-14-12-24/h3-5,7-8,19H,6,9-18H2,1-2H3. The van der Waals surface area contributed by atoms with Crippen LogP contribution in [0.4, 0.5) is 0 Å². The summed E-state index contributed by atoms with van der Waals surface area (Å²) in [6, 6.07) is 9.71.